The first-order valence-corrected chi connectivity index (χ1v) is 18.6. The first-order chi connectivity index (χ1) is 22.2. The average molecular weight is 667 g/mol. The molecule has 0 aromatic heterocycles. The van der Waals surface area contributed by atoms with Crippen LogP contribution < -0.4 is 0 Å². The van der Waals surface area contributed by atoms with Gasteiger partial charge in [0.1, 0.15) is 11.5 Å². The third-order valence-electron chi connectivity index (χ3n) is 15.2. The summed E-state index contributed by atoms with van der Waals surface area (Å²) in [4.78, 5) is 39.7. The van der Waals surface area contributed by atoms with Crippen molar-refractivity contribution in [3.63, 3.8) is 0 Å². The standard InChI is InChI=1S/C41H62O7/c1-11-25(2)14-12-13-15-32(44)48-33-34(47-26(3)42)41(35(45)46)23-22-39(9)27(28(41)24-36(33,4)5)16-17-30-38(8)20-19-31(43)37(6,7)29(38)18-21-40(30,39)10/h12-16,25,28-31,33-34,43H,11,17-24H2,1-10H3,(H,45,46)/b14-12+,15-13+/t25?,28-,29-,30+,31-,33-,34-,38-,39+,40+,41-/m0/s1. The molecule has 5 rings (SSSR count). The lowest BCUT2D eigenvalue weighted by atomic mass is 9.33. The molecule has 0 radical (unpaired) electrons. The van der Waals surface area contributed by atoms with Gasteiger partial charge in [0.2, 0.25) is 0 Å². The van der Waals surface area contributed by atoms with Crippen molar-refractivity contribution in [2.75, 3.05) is 0 Å². The van der Waals surface area contributed by atoms with Gasteiger partial charge in [0, 0.05) is 24.3 Å². The number of allylic oxidation sites excluding steroid dienone is 5. The molecule has 1 unspecified atom stereocenters. The van der Waals surface area contributed by atoms with E-state index < -0.39 is 40.9 Å². The smallest absolute Gasteiger partial charge is 0.331 e. The molecule has 0 bridgehead atoms. The van der Waals surface area contributed by atoms with Crippen LogP contribution in [0.1, 0.15) is 127 Å². The lowest BCUT2D eigenvalue weighted by Crippen LogP contribution is -2.69. The predicted octanol–water partition coefficient (Wildman–Crippen LogP) is 8.46. The molecule has 11 atom stereocenters. The van der Waals surface area contributed by atoms with E-state index in [1.165, 1.54) is 18.6 Å². The van der Waals surface area contributed by atoms with E-state index in [0.29, 0.717) is 37.0 Å². The van der Waals surface area contributed by atoms with Gasteiger partial charge in [-0.1, -0.05) is 98.6 Å². The van der Waals surface area contributed by atoms with Crippen LogP contribution in [0.2, 0.25) is 0 Å². The maximum atomic E-state index is 13.7. The van der Waals surface area contributed by atoms with Gasteiger partial charge in [-0.3, -0.25) is 9.59 Å². The molecule has 2 N–H and O–H groups in total. The molecule has 4 saturated carbocycles. The van der Waals surface area contributed by atoms with E-state index in [-0.39, 0.29) is 33.7 Å². The number of esters is 2. The van der Waals surface area contributed by atoms with Gasteiger partial charge in [-0.25, -0.2) is 4.79 Å². The van der Waals surface area contributed by atoms with Crippen molar-refractivity contribution in [2.45, 2.75) is 145 Å². The highest BCUT2D eigenvalue weighted by atomic mass is 16.6. The minimum atomic E-state index is -1.42. The Labute approximate surface area is 289 Å². The second-order valence-electron chi connectivity index (χ2n) is 18.3. The number of fused-ring (bicyclic) bond motifs is 7. The van der Waals surface area contributed by atoms with Crippen molar-refractivity contribution in [1.82, 2.24) is 0 Å². The molecule has 0 heterocycles. The molecule has 0 spiro atoms. The molecule has 7 nitrogen and oxygen atoms in total. The van der Waals surface area contributed by atoms with Crippen LogP contribution in [0.5, 0.6) is 0 Å². The van der Waals surface area contributed by atoms with Gasteiger partial charge in [0.25, 0.3) is 0 Å². The Balaban J connectivity index is 1.55. The molecule has 5 aliphatic rings. The second kappa shape index (κ2) is 12.4. The number of carbonyl (C=O) groups excluding carboxylic acids is 2. The van der Waals surface area contributed by atoms with Crippen molar-refractivity contribution in [3.05, 3.63) is 36.0 Å². The highest BCUT2D eigenvalue weighted by Gasteiger charge is 2.73. The van der Waals surface area contributed by atoms with Gasteiger partial charge in [-0.05, 0) is 90.8 Å². The number of rotatable bonds is 7. The van der Waals surface area contributed by atoms with Crippen LogP contribution in [-0.2, 0) is 23.9 Å². The van der Waals surface area contributed by atoms with Crippen molar-refractivity contribution in [3.8, 4) is 0 Å². The largest absolute Gasteiger partial charge is 0.481 e. The quantitative estimate of drug-likeness (QED) is 0.121. The minimum Gasteiger partial charge on any atom is -0.481 e. The third-order valence-corrected chi connectivity index (χ3v) is 15.2. The van der Waals surface area contributed by atoms with Crippen LogP contribution in [-0.4, -0.2) is 46.4 Å². The van der Waals surface area contributed by atoms with Crippen molar-refractivity contribution in [2.24, 2.45) is 56.2 Å². The van der Waals surface area contributed by atoms with E-state index in [4.69, 9.17) is 9.47 Å². The molecule has 0 aromatic rings. The Hall–Kier alpha value is -2.41. The Kier molecular flexibility index (Phi) is 9.54. The summed E-state index contributed by atoms with van der Waals surface area (Å²) in [6.45, 7) is 21.3. The fourth-order valence-corrected chi connectivity index (χ4v) is 12.0. The predicted molar refractivity (Wildman–Crippen MR) is 187 cm³/mol. The number of ether oxygens (including phenoxy) is 2. The molecular weight excluding hydrogens is 604 g/mol. The summed E-state index contributed by atoms with van der Waals surface area (Å²) in [5, 5.41) is 22.3. The molecule has 0 aliphatic heterocycles. The zero-order chi connectivity index (χ0) is 35.7. The van der Waals surface area contributed by atoms with E-state index in [1.807, 2.05) is 26.0 Å². The maximum absolute atomic E-state index is 13.7. The van der Waals surface area contributed by atoms with Crippen LogP contribution in [0.4, 0.5) is 0 Å². The Bertz CT molecular complexity index is 1390. The molecule has 7 heteroatoms. The van der Waals surface area contributed by atoms with Gasteiger partial charge in [0.05, 0.1) is 6.10 Å². The topological polar surface area (TPSA) is 110 Å². The van der Waals surface area contributed by atoms with Crippen LogP contribution >= 0.6 is 0 Å². The lowest BCUT2D eigenvalue weighted by molar-refractivity contribution is -0.237. The summed E-state index contributed by atoms with van der Waals surface area (Å²) in [5.74, 6) is -1.29. The summed E-state index contributed by atoms with van der Waals surface area (Å²) < 4.78 is 12.1. The normalized spacial score (nSPS) is 43.6. The second-order valence-corrected chi connectivity index (χ2v) is 18.3. The third kappa shape index (κ3) is 5.44. The zero-order valence-electron chi connectivity index (χ0n) is 31.2. The van der Waals surface area contributed by atoms with Crippen molar-refractivity contribution < 1.29 is 34.1 Å². The summed E-state index contributed by atoms with van der Waals surface area (Å²) in [5.41, 5.74) is -1.26. The highest BCUT2D eigenvalue weighted by Crippen LogP contribution is 2.76. The van der Waals surface area contributed by atoms with Gasteiger partial charge < -0.3 is 19.7 Å². The molecule has 0 saturated heterocycles. The van der Waals surface area contributed by atoms with E-state index >= 15 is 0 Å². The number of carboxylic acids is 1. The van der Waals surface area contributed by atoms with Gasteiger partial charge >= 0.3 is 17.9 Å². The summed E-state index contributed by atoms with van der Waals surface area (Å²) >= 11 is 0. The average Bonchev–Trinajstić information content (AvgIpc) is 2.99. The monoisotopic (exact) mass is 666 g/mol. The van der Waals surface area contributed by atoms with E-state index in [0.717, 1.165) is 38.5 Å². The Morgan fingerprint density at radius 2 is 1.62 bits per heavy atom. The first-order valence-electron chi connectivity index (χ1n) is 18.6. The van der Waals surface area contributed by atoms with Crippen molar-refractivity contribution >= 4 is 17.9 Å². The summed E-state index contributed by atoms with van der Waals surface area (Å²) in [6.07, 6.45) is 14.2. The first kappa shape index (κ1) is 36.9. The fraction of sp³-hybridized carbons (Fsp3) is 0.780. The van der Waals surface area contributed by atoms with Crippen LogP contribution in [0.15, 0.2) is 36.0 Å². The lowest BCUT2D eigenvalue weighted by Gasteiger charge is -2.71. The van der Waals surface area contributed by atoms with Gasteiger partial charge in [-0.15, -0.1) is 0 Å². The van der Waals surface area contributed by atoms with Crippen LogP contribution in [0.25, 0.3) is 0 Å². The summed E-state index contributed by atoms with van der Waals surface area (Å²) in [7, 11) is 0. The van der Waals surface area contributed by atoms with E-state index in [9.17, 15) is 24.6 Å². The number of hydrogen-bond donors (Lipinski definition) is 2. The zero-order valence-corrected chi connectivity index (χ0v) is 31.2. The van der Waals surface area contributed by atoms with Gasteiger partial charge in [0.15, 0.2) is 6.10 Å². The minimum absolute atomic E-state index is 0.0522. The van der Waals surface area contributed by atoms with Crippen LogP contribution in [0, 0.1) is 56.2 Å². The Morgan fingerprint density at radius 1 is 0.938 bits per heavy atom. The molecule has 0 aromatic carbocycles. The molecule has 4 fully saturated rings. The fourth-order valence-electron chi connectivity index (χ4n) is 12.0. The number of aliphatic carboxylic acids is 1. The summed E-state index contributed by atoms with van der Waals surface area (Å²) in [6, 6.07) is 0. The number of carboxylic acid groups (broad SMARTS) is 1. The molecule has 5 aliphatic carbocycles. The molecular formula is C41H62O7. The number of hydrogen-bond acceptors (Lipinski definition) is 6. The number of aliphatic hydroxyl groups excluding tert-OH is 1. The highest BCUT2D eigenvalue weighted by molar-refractivity contribution is 5.83. The number of aliphatic hydroxyl groups is 1. The maximum Gasteiger partial charge on any atom is 0.331 e. The van der Waals surface area contributed by atoms with Crippen molar-refractivity contribution in [1.29, 1.82) is 0 Å². The number of carbonyl (C=O) groups is 3. The van der Waals surface area contributed by atoms with E-state index in [1.54, 1.807) is 6.08 Å². The Morgan fingerprint density at radius 3 is 2.25 bits per heavy atom. The van der Waals surface area contributed by atoms with Crippen LogP contribution in [0.3, 0.4) is 0 Å². The molecule has 0 amide bonds. The SMILES string of the molecule is CCC(C)/C=C/C=C/C(=O)O[C@H]1[C@H](OC(C)=O)[C@]2(C(=O)O)CC[C@]3(C)C(=CC[C@@H]4[C@@]5(C)CC[C@H](O)C(C)(C)[C@@H]5CC[C@]43C)[C@@H]2CC1(C)C. The molecule has 48 heavy (non-hydrogen) atoms. The van der Waals surface area contributed by atoms with Gasteiger partial charge in [-0.2, -0.15) is 0 Å². The van der Waals surface area contributed by atoms with E-state index in [2.05, 4.69) is 54.5 Å². The molecule has 268 valence electrons.